The number of carbonyl (C=O) groups excluding carboxylic acids is 3. The van der Waals surface area contributed by atoms with E-state index in [0.717, 1.165) is 16.7 Å². The molecule has 0 spiro atoms. The number of nitrogens with one attached hydrogen (secondary N) is 3. The molecular weight excluding hydrogens is 506 g/mol. The molecule has 1 aromatic heterocycles. The Labute approximate surface area is 232 Å². The molecule has 0 saturated heterocycles. The number of aromatic nitrogens is 2. The van der Waals surface area contributed by atoms with Crippen LogP contribution >= 0.6 is 0 Å². The first kappa shape index (κ1) is 26.7. The number of hydrogen-bond acceptors (Lipinski definition) is 5. The minimum absolute atomic E-state index is 0.0729. The largest absolute Gasteiger partial charge is 0.507 e. The highest BCUT2D eigenvalue weighted by Crippen LogP contribution is 2.31. The number of aromatic amines is 1. The van der Waals surface area contributed by atoms with E-state index >= 15 is 0 Å². The highest BCUT2D eigenvalue weighted by atomic mass is 16.3. The van der Waals surface area contributed by atoms with Gasteiger partial charge in [-0.05, 0) is 66.8 Å². The van der Waals surface area contributed by atoms with Crippen molar-refractivity contribution in [3.63, 3.8) is 0 Å². The van der Waals surface area contributed by atoms with Gasteiger partial charge < -0.3 is 25.6 Å². The number of imidazole rings is 1. The number of H-pyrrole nitrogens is 1. The van der Waals surface area contributed by atoms with Crippen molar-refractivity contribution in [2.24, 2.45) is 0 Å². The maximum absolute atomic E-state index is 13.4. The zero-order valence-electron chi connectivity index (χ0n) is 22.0. The van der Waals surface area contributed by atoms with Gasteiger partial charge in [0.2, 0.25) is 5.91 Å². The molecule has 4 N–H and O–H groups in total. The molecule has 0 radical (unpaired) electrons. The van der Waals surface area contributed by atoms with E-state index in [2.05, 4.69) is 20.6 Å². The number of benzene rings is 3. The Kier molecular flexibility index (Phi) is 8.20. The van der Waals surface area contributed by atoms with Crippen molar-refractivity contribution in [1.82, 2.24) is 25.5 Å². The number of aromatic hydroxyl groups is 1. The number of phenols is 1. The van der Waals surface area contributed by atoms with E-state index in [1.807, 2.05) is 30.3 Å². The summed E-state index contributed by atoms with van der Waals surface area (Å²) in [4.78, 5) is 47.9. The van der Waals surface area contributed by atoms with Crippen molar-refractivity contribution in [1.29, 1.82) is 0 Å². The lowest BCUT2D eigenvalue weighted by atomic mass is 9.98. The Hall–Kier alpha value is -4.92. The molecule has 1 aliphatic rings. The molecule has 2 heterocycles. The molecule has 0 aliphatic carbocycles. The number of carbonyl (C=O) groups is 3. The van der Waals surface area contributed by atoms with E-state index in [9.17, 15) is 19.5 Å². The third kappa shape index (κ3) is 6.37. The van der Waals surface area contributed by atoms with Crippen LogP contribution in [0.1, 0.15) is 39.1 Å². The molecule has 4 aromatic rings. The summed E-state index contributed by atoms with van der Waals surface area (Å²) in [5, 5.41) is 16.3. The molecule has 0 atom stereocenters. The van der Waals surface area contributed by atoms with E-state index in [0.29, 0.717) is 61.4 Å². The average Bonchev–Trinajstić information content (AvgIpc) is 3.52. The van der Waals surface area contributed by atoms with Gasteiger partial charge in [0.05, 0.1) is 6.54 Å². The molecule has 9 heteroatoms. The van der Waals surface area contributed by atoms with Crippen LogP contribution in [0.15, 0.2) is 79.1 Å². The summed E-state index contributed by atoms with van der Waals surface area (Å²) in [6.07, 6.45) is 5.20. The van der Waals surface area contributed by atoms with Gasteiger partial charge in [-0.2, -0.15) is 0 Å². The van der Waals surface area contributed by atoms with E-state index in [4.69, 9.17) is 0 Å². The van der Waals surface area contributed by atoms with Crippen molar-refractivity contribution in [3.8, 4) is 28.3 Å². The Bertz CT molecular complexity index is 1500. The van der Waals surface area contributed by atoms with Gasteiger partial charge >= 0.3 is 0 Å². The summed E-state index contributed by atoms with van der Waals surface area (Å²) >= 11 is 0. The predicted octanol–water partition coefficient (Wildman–Crippen LogP) is 3.77. The van der Waals surface area contributed by atoms with Crippen molar-refractivity contribution in [3.05, 3.63) is 95.8 Å². The molecule has 5 rings (SSSR count). The van der Waals surface area contributed by atoms with E-state index < -0.39 is 0 Å². The van der Waals surface area contributed by atoms with Crippen LogP contribution in [0.3, 0.4) is 0 Å². The lowest BCUT2D eigenvalue weighted by Crippen LogP contribution is -2.42. The van der Waals surface area contributed by atoms with Crippen LogP contribution in [0.5, 0.6) is 5.75 Å². The topological polar surface area (TPSA) is 127 Å². The molecular formula is C31H31N5O4. The standard InChI is InChI=1S/C31H31N5O4/c37-27-11-6-21-12-14-32-28(38)20-36(31(40)23-9-7-22(8-10-23)29-33-15-16-34-29)17-2-1-13-35-30(39)25-5-3-4-24(19-25)26(27)18-21/h3-11,15-16,18-19,37H,1-2,12-14,17,20H2,(H,32,38)(H,33,34)(H,35,39). The van der Waals surface area contributed by atoms with Gasteiger partial charge in [0.15, 0.2) is 0 Å². The number of hydrogen-bond donors (Lipinski definition) is 4. The van der Waals surface area contributed by atoms with Crippen molar-refractivity contribution < 1.29 is 19.5 Å². The summed E-state index contributed by atoms with van der Waals surface area (Å²) in [5.74, 6) is 0.138. The Morgan fingerprint density at radius 2 is 1.70 bits per heavy atom. The minimum Gasteiger partial charge on any atom is -0.507 e. The first-order valence-corrected chi connectivity index (χ1v) is 13.3. The highest BCUT2D eigenvalue weighted by molar-refractivity contribution is 5.97. The third-order valence-corrected chi connectivity index (χ3v) is 6.90. The molecule has 3 amide bonds. The normalized spacial score (nSPS) is 14.9. The van der Waals surface area contributed by atoms with Crippen LogP contribution < -0.4 is 10.6 Å². The lowest BCUT2D eigenvalue weighted by Gasteiger charge is -2.23. The second-order valence-corrected chi connectivity index (χ2v) is 9.74. The molecule has 1 aliphatic heterocycles. The molecule has 0 fully saturated rings. The number of phenolic OH excluding ortho intramolecular Hbond substituents is 1. The van der Waals surface area contributed by atoms with Crippen LogP contribution in [-0.2, 0) is 11.2 Å². The van der Waals surface area contributed by atoms with E-state index in [-0.39, 0.29) is 30.0 Å². The second-order valence-electron chi connectivity index (χ2n) is 9.74. The molecule has 40 heavy (non-hydrogen) atoms. The molecule has 4 bridgehead atoms. The Morgan fingerprint density at radius 1 is 0.875 bits per heavy atom. The summed E-state index contributed by atoms with van der Waals surface area (Å²) in [5.41, 5.74) is 4.13. The van der Waals surface area contributed by atoms with Gasteiger partial charge in [-0.1, -0.05) is 30.3 Å². The third-order valence-electron chi connectivity index (χ3n) is 6.90. The van der Waals surface area contributed by atoms with Crippen LogP contribution in [-0.4, -0.2) is 63.9 Å². The van der Waals surface area contributed by atoms with Gasteiger partial charge in [0.1, 0.15) is 11.6 Å². The van der Waals surface area contributed by atoms with Crippen molar-refractivity contribution >= 4 is 17.7 Å². The number of rotatable bonds is 2. The van der Waals surface area contributed by atoms with Gasteiger partial charge in [0, 0.05) is 54.3 Å². The molecule has 9 nitrogen and oxygen atoms in total. The van der Waals surface area contributed by atoms with E-state index in [1.54, 1.807) is 53.7 Å². The fourth-order valence-electron chi connectivity index (χ4n) is 4.73. The quantitative estimate of drug-likeness (QED) is 0.310. The molecule has 0 saturated carbocycles. The van der Waals surface area contributed by atoms with Gasteiger partial charge in [-0.15, -0.1) is 0 Å². The Morgan fingerprint density at radius 3 is 2.50 bits per heavy atom. The predicted molar refractivity (Wildman–Crippen MR) is 152 cm³/mol. The summed E-state index contributed by atoms with van der Waals surface area (Å²) in [6, 6.07) is 19.6. The smallest absolute Gasteiger partial charge is 0.254 e. The fourth-order valence-corrected chi connectivity index (χ4v) is 4.73. The second kappa shape index (κ2) is 12.3. The highest BCUT2D eigenvalue weighted by Gasteiger charge is 2.19. The monoisotopic (exact) mass is 537 g/mol. The fraction of sp³-hybridized carbons (Fsp3) is 0.226. The maximum Gasteiger partial charge on any atom is 0.254 e. The van der Waals surface area contributed by atoms with E-state index in [1.165, 1.54) is 0 Å². The first-order chi connectivity index (χ1) is 19.5. The van der Waals surface area contributed by atoms with Crippen LogP contribution in [0.25, 0.3) is 22.5 Å². The molecule has 3 aromatic carbocycles. The van der Waals surface area contributed by atoms with Crippen molar-refractivity contribution in [2.75, 3.05) is 26.2 Å². The van der Waals surface area contributed by atoms with Gasteiger partial charge in [-0.3, -0.25) is 14.4 Å². The zero-order valence-corrected chi connectivity index (χ0v) is 22.0. The zero-order chi connectivity index (χ0) is 27.9. The summed E-state index contributed by atoms with van der Waals surface area (Å²) in [6.45, 7) is 1.11. The van der Waals surface area contributed by atoms with Crippen LogP contribution in [0, 0.1) is 0 Å². The van der Waals surface area contributed by atoms with Gasteiger partial charge in [0.25, 0.3) is 11.8 Å². The first-order valence-electron chi connectivity index (χ1n) is 13.3. The molecule has 0 unspecified atom stereocenters. The SMILES string of the molecule is O=C1CN(C(=O)c2ccc(-c3ncc[nH]3)cc2)CCCCNC(=O)c2cccc(c2)-c2cc(ccc2O)CCN1. The number of fused-ring (bicyclic) bond motifs is 5. The van der Waals surface area contributed by atoms with Crippen molar-refractivity contribution in [2.45, 2.75) is 19.3 Å². The number of amides is 3. The summed E-state index contributed by atoms with van der Waals surface area (Å²) in [7, 11) is 0. The minimum atomic E-state index is -0.248. The van der Waals surface area contributed by atoms with Crippen LogP contribution in [0.2, 0.25) is 0 Å². The maximum atomic E-state index is 13.4. The Balaban J connectivity index is 1.33. The van der Waals surface area contributed by atoms with Gasteiger partial charge in [-0.25, -0.2) is 4.98 Å². The average molecular weight is 538 g/mol. The summed E-state index contributed by atoms with van der Waals surface area (Å²) < 4.78 is 0. The lowest BCUT2D eigenvalue weighted by molar-refractivity contribution is -0.121. The number of nitrogens with zero attached hydrogens (tertiary/aromatic N) is 2. The van der Waals surface area contributed by atoms with Crippen LogP contribution in [0.4, 0.5) is 0 Å². The molecule has 204 valence electrons.